The number of nitrogens with zero attached hydrogens (tertiary/aromatic N) is 1. The average molecular weight is 287 g/mol. The molecule has 0 amide bonds. The summed E-state index contributed by atoms with van der Waals surface area (Å²) in [7, 11) is 0. The van der Waals surface area contributed by atoms with Gasteiger partial charge in [-0.3, -0.25) is 0 Å². The molecule has 2 nitrogen and oxygen atoms in total. The minimum absolute atomic E-state index is 0.710. The van der Waals surface area contributed by atoms with Crippen LogP contribution in [0.4, 0.5) is 0 Å². The van der Waals surface area contributed by atoms with Gasteiger partial charge in [0.2, 0.25) is 0 Å². The summed E-state index contributed by atoms with van der Waals surface area (Å²) in [5.74, 6) is 0.710. The van der Waals surface area contributed by atoms with E-state index in [1.807, 2.05) is 0 Å². The molecule has 20 heavy (non-hydrogen) atoms. The number of thioether (sulfide) groups is 1. The summed E-state index contributed by atoms with van der Waals surface area (Å²) < 4.78 is 0. The van der Waals surface area contributed by atoms with Crippen LogP contribution in [0.1, 0.15) is 44.1 Å². The van der Waals surface area contributed by atoms with E-state index in [0.29, 0.717) is 5.92 Å². The minimum atomic E-state index is 0.710. The van der Waals surface area contributed by atoms with Crippen LogP contribution in [0.25, 0.3) is 5.57 Å². The molecule has 3 rings (SSSR count). The van der Waals surface area contributed by atoms with E-state index in [-0.39, 0.29) is 0 Å². The first-order valence-corrected chi connectivity index (χ1v) is 8.64. The molecule has 3 heteroatoms. The quantitative estimate of drug-likeness (QED) is 0.483. The Morgan fingerprint density at radius 3 is 2.70 bits per heavy atom. The van der Waals surface area contributed by atoms with Gasteiger partial charge < -0.3 is 5.21 Å². The van der Waals surface area contributed by atoms with Crippen LogP contribution < -0.4 is 0 Å². The van der Waals surface area contributed by atoms with E-state index >= 15 is 0 Å². The maximum atomic E-state index is 9.33. The number of benzene rings is 1. The third-order valence-electron chi connectivity index (χ3n) is 4.57. The number of hydrogen-bond donors (Lipinski definition) is 1. The third-order valence-corrected chi connectivity index (χ3v) is 5.29. The highest BCUT2D eigenvalue weighted by atomic mass is 32.2. The van der Waals surface area contributed by atoms with Crippen molar-refractivity contribution in [1.82, 2.24) is 0 Å². The zero-order valence-corrected chi connectivity index (χ0v) is 12.7. The smallest absolute Gasteiger partial charge is 0.0876 e. The maximum absolute atomic E-state index is 9.33. The molecular weight excluding hydrogens is 266 g/mol. The van der Waals surface area contributed by atoms with Gasteiger partial charge in [0.15, 0.2) is 0 Å². The molecule has 2 aliphatic rings. The van der Waals surface area contributed by atoms with Crippen LogP contribution in [0.2, 0.25) is 0 Å². The van der Waals surface area contributed by atoms with Crippen molar-refractivity contribution in [3.63, 3.8) is 0 Å². The molecular formula is C17H21NOS. The molecule has 0 heterocycles. The second-order valence-corrected chi connectivity index (χ2v) is 6.54. The second-order valence-electron chi connectivity index (χ2n) is 5.66. The molecule has 0 radical (unpaired) electrons. The molecule has 1 aromatic rings. The molecule has 0 spiro atoms. The lowest BCUT2D eigenvalue weighted by molar-refractivity contribution is 0.319. The Labute approximate surface area is 125 Å². The van der Waals surface area contributed by atoms with E-state index in [4.69, 9.17) is 0 Å². The lowest BCUT2D eigenvalue weighted by atomic mass is 9.91. The minimum Gasteiger partial charge on any atom is -0.411 e. The van der Waals surface area contributed by atoms with Gasteiger partial charge in [-0.15, -0.1) is 11.8 Å². The second kappa shape index (κ2) is 6.04. The Morgan fingerprint density at radius 2 is 2.00 bits per heavy atom. The molecule has 0 saturated heterocycles. The Hall–Kier alpha value is -1.22. The van der Waals surface area contributed by atoms with Gasteiger partial charge in [-0.2, -0.15) is 0 Å². The summed E-state index contributed by atoms with van der Waals surface area (Å²) in [4.78, 5) is 1.27. The van der Waals surface area contributed by atoms with Gasteiger partial charge in [-0.05, 0) is 55.6 Å². The summed E-state index contributed by atoms with van der Waals surface area (Å²) >= 11 is 1.76. The Bertz CT molecular complexity index is 556. The van der Waals surface area contributed by atoms with E-state index in [1.165, 1.54) is 47.3 Å². The van der Waals surface area contributed by atoms with Crippen molar-refractivity contribution < 1.29 is 5.21 Å². The van der Waals surface area contributed by atoms with E-state index < -0.39 is 0 Å². The highest BCUT2D eigenvalue weighted by Crippen LogP contribution is 2.42. The molecule has 1 aromatic carbocycles. The molecule has 0 bridgehead atoms. The lowest BCUT2D eigenvalue weighted by Crippen LogP contribution is -2.01. The van der Waals surface area contributed by atoms with Crippen LogP contribution in [0, 0.1) is 5.92 Å². The summed E-state index contributed by atoms with van der Waals surface area (Å²) in [5.41, 5.74) is 4.87. The van der Waals surface area contributed by atoms with Crippen LogP contribution >= 0.6 is 11.8 Å². The highest BCUT2D eigenvalue weighted by molar-refractivity contribution is 7.98. The van der Waals surface area contributed by atoms with Crippen LogP contribution in [0.5, 0.6) is 0 Å². The van der Waals surface area contributed by atoms with Crippen molar-refractivity contribution in [2.24, 2.45) is 11.1 Å². The fraction of sp³-hybridized carbons (Fsp3) is 0.471. The highest BCUT2D eigenvalue weighted by Gasteiger charge is 2.30. The van der Waals surface area contributed by atoms with Crippen molar-refractivity contribution in [1.29, 1.82) is 0 Å². The van der Waals surface area contributed by atoms with Crippen LogP contribution in [-0.2, 0) is 0 Å². The van der Waals surface area contributed by atoms with Crippen molar-refractivity contribution in [2.45, 2.75) is 43.4 Å². The predicted molar refractivity (Wildman–Crippen MR) is 85.6 cm³/mol. The maximum Gasteiger partial charge on any atom is 0.0876 e. The first kappa shape index (κ1) is 13.7. The topological polar surface area (TPSA) is 32.6 Å². The zero-order chi connectivity index (χ0) is 13.9. The van der Waals surface area contributed by atoms with Crippen LogP contribution in [0.3, 0.4) is 0 Å². The van der Waals surface area contributed by atoms with E-state index in [2.05, 4.69) is 35.7 Å². The molecule has 106 valence electrons. The summed E-state index contributed by atoms with van der Waals surface area (Å²) in [5, 5.41) is 12.9. The van der Waals surface area contributed by atoms with Crippen molar-refractivity contribution in [3.05, 3.63) is 35.4 Å². The van der Waals surface area contributed by atoms with Gasteiger partial charge in [-0.1, -0.05) is 35.7 Å². The van der Waals surface area contributed by atoms with Gasteiger partial charge in [0.1, 0.15) is 0 Å². The number of oxime groups is 1. The molecule has 0 atom stereocenters. The van der Waals surface area contributed by atoms with Crippen LogP contribution in [-0.4, -0.2) is 17.2 Å². The number of allylic oxidation sites excluding steroid dienone is 2. The summed E-state index contributed by atoms with van der Waals surface area (Å²) in [6.45, 7) is 0. The molecule has 1 saturated carbocycles. The standard InChI is InChI=1S/C17H21NOS/c1-20-14-8-4-7-13(11-14)17-15(9-10-16(17)18-19)12-5-2-3-6-12/h4,7-8,11-12,19H,2-3,5-6,9-10H2,1H3/b18-16+. The van der Waals surface area contributed by atoms with Gasteiger partial charge in [-0.25, -0.2) is 0 Å². The third kappa shape index (κ3) is 2.51. The Balaban J connectivity index is 2.05. The SMILES string of the molecule is CSc1cccc(C2=C(C3CCCC3)CC/C2=N\O)c1. The lowest BCUT2D eigenvalue weighted by Gasteiger charge is -2.14. The molecule has 2 aliphatic carbocycles. The first-order chi connectivity index (χ1) is 9.83. The zero-order valence-electron chi connectivity index (χ0n) is 11.9. The fourth-order valence-corrected chi connectivity index (χ4v) is 4.06. The van der Waals surface area contributed by atoms with Gasteiger partial charge in [0, 0.05) is 10.5 Å². The fourth-order valence-electron chi connectivity index (χ4n) is 3.60. The molecule has 1 fully saturated rings. The Kier molecular flexibility index (Phi) is 4.16. The van der Waals surface area contributed by atoms with Gasteiger partial charge in [0.05, 0.1) is 5.71 Å². The Morgan fingerprint density at radius 1 is 1.20 bits per heavy atom. The van der Waals surface area contributed by atoms with Crippen LogP contribution in [0.15, 0.2) is 39.9 Å². The van der Waals surface area contributed by atoms with E-state index in [0.717, 1.165) is 18.6 Å². The van der Waals surface area contributed by atoms with Crippen molar-refractivity contribution >= 4 is 23.0 Å². The predicted octanol–water partition coefficient (Wildman–Crippen LogP) is 4.98. The average Bonchev–Trinajstić information content (AvgIpc) is 3.15. The number of hydrogen-bond acceptors (Lipinski definition) is 3. The molecule has 0 aromatic heterocycles. The normalized spacial score (nSPS) is 22.1. The van der Waals surface area contributed by atoms with Gasteiger partial charge >= 0.3 is 0 Å². The van der Waals surface area contributed by atoms with Gasteiger partial charge in [0.25, 0.3) is 0 Å². The summed E-state index contributed by atoms with van der Waals surface area (Å²) in [6, 6.07) is 8.62. The van der Waals surface area contributed by atoms with E-state index in [9.17, 15) is 5.21 Å². The van der Waals surface area contributed by atoms with Crippen molar-refractivity contribution in [3.8, 4) is 0 Å². The molecule has 0 aliphatic heterocycles. The van der Waals surface area contributed by atoms with Crippen molar-refractivity contribution in [2.75, 3.05) is 6.26 Å². The molecule has 0 unspecified atom stereocenters. The number of rotatable bonds is 3. The first-order valence-electron chi connectivity index (χ1n) is 7.42. The largest absolute Gasteiger partial charge is 0.411 e. The van der Waals surface area contributed by atoms with E-state index in [1.54, 1.807) is 11.8 Å². The monoisotopic (exact) mass is 287 g/mol. The summed E-state index contributed by atoms with van der Waals surface area (Å²) in [6.07, 6.45) is 9.36. The molecule has 1 N–H and O–H groups in total.